The third kappa shape index (κ3) is 2.34. The Kier molecular flexibility index (Phi) is 3.09. The van der Waals surface area contributed by atoms with Gasteiger partial charge >= 0.3 is 0 Å². The molecule has 1 aromatic heterocycles. The molecule has 0 aromatic carbocycles. The summed E-state index contributed by atoms with van der Waals surface area (Å²) in [6.45, 7) is 6.49. The van der Waals surface area contributed by atoms with Gasteiger partial charge in [0.15, 0.2) is 0 Å². The van der Waals surface area contributed by atoms with E-state index in [0.29, 0.717) is 0 Å². The molecule has 5 heteroatoms. The zero-order valence-corrected chi connectivity index (χ0v) is 10.1. The second-order valence-electron chi connectivity index (χ2n) is 4.65. The van der Waals surface area contributed by atoms with Crippen molar-refractivity contribution >= 4 is 11.8 Å². The molecule has 0 radical (unpaired) electrons. The van der Waals surface area contributed by atoms with Crippen molar-refractivity contribution in [3.8, 4) is 0 Å². The minimum Gasteiger partial charge on any atom is -0.355 e. The minimum absolute atomic E-state index is 0.894. The Balaban J connectivity index is 1.76. The summed E-state index contributed by atoms with van der Waals surface area (Å²) in [4.78, 5) is 13.6. The predicted molar refractivity (Wildman–Crippen MR) is 68.6 cm³/mol. The standard InChI is InChI=1S/C12H19N5/c1-4-13-6-10-16(7-1)11-3-5-14-12(15-11)17-8-2-9-17/h3,5,13H,1-2,4,6-10H2. The number of rotatable bonds is 2. The molecule has 92 valence electrons. The SMILES string of the molecule is c1cc(N2CCCNCC2)nc(N2CCC2)n1. The van der Waals surface area contributed by atoms with Gasteiger partial charge in [0.2, 0.25) is 5.95 Å². The number of anilines is 2. The van der Waals surface area contributed by atoms with E-state index >= 15 is 0 Å². The normalized spacial score (nSPS) is 20.9. The average Bonchev–Trinajstić information content (AvgIpc) is 2.55. The summed E-state index contributed by atoms with van der Waals surface area (Å²) in [6.07, 6.45) is 4.33. The van der Waals surface area contributed by atoms with Gasteiger partial charge in [-0.2, -0.15) is 4.98 Å². The molecule has 2 aliphatic heterocycles. The molecule has 3 heterocycles. The van der Waals surface area contributed by atoms with Crippen LogP contribution in [0.2, 0.25) is 0 Å². The lowest BCUT2D eigenvalue weighted by atomic mass is 10.2. The molecular weight excluding hydrogens is 214 g/mol. The molecule has 5 nitrogen and oxygen atoms in total. The molecule has 1 aromatic rings. The highest BCUT2D eigenvalue weighted by Crippen LogP contribution is 2.19. The fourth-order valence-electron chi connectivity index (χ4n) is 2.26. The Hall–Kier alpha value is -1.36. The molecule has 17 heavy (non-hydrogen) atoms. The molecule has 0 spiro atoms. The quantitative estimate of drug-likeness (QED) is 0.805. The molecule has 2 fully saturated rings. The summed E-state index contributed by atoms with van der Waals surface area (Å²) in [7, 11) is 0. The lowest BCUT2D eigenvalue weighted by molar-refractivity contribution is 0.599. The average molecular weight is 233 g/mol. The molecule has 2 saturated heterocycles. The van der Waals surface area contributed by atoms with Crippen LogP contribution in [0.4, 0.5) is 11.8 Å². The maximum atomic E-state index is 4.67. The van der Waals surface area contributed by atoms with Crippen LogP contribution in [0.15, 0.2) is 12.3 Å². The fourth-order valence-corrected chi connectivity index (χ4v) is 2.26. The Morgan fingerprint density at radius 3 is 2.71 bits per heavy atom. The van der Waals surface area contributed by atoms with Crippen molar-refractivity contribution in [3.63, 3.8) is 0 Å². The fraction of sp³-hybridized carbons (Fsp3) is 0.667. The van der Waals surface area contributed by atoms with E-state index in [1.54, 1.807) is 0 Å². The van der Waals surface area contributed by atoms with Crippen LogP contribution in [0.25, 0.3) is 0 Å². The van der Waals surface area contributed by atoms with Gasteiger partial charge in [-0.15, -0.1) is 0 Å². The molecule has 3 rings (SSSR count). The molecule has 0 amide bonds. The van der Waals surface area contributed by atoms with E-state index < -0.39 is 0 Å². The summed E-state index contributed by atoms with van der Waals surface area (Å²) >= 11 is 0. The number of nitrogens with one attached hydrogen (secondary N) is 1. The van der Waals surface area contributed by atoms with Crippen LogP contribution >= 0.6 is 0 Å². The zero-order valence-electron chi connectivity index (χ0n) is 10.1. The van der Waals surface area contributed by atoms with Crippen LogP contribution in [-0.2, 0) is 0 Å². The smallest absolute Gasteiger partial charge is 0.227 e. The first-order valence-corrected chi connectivity index (χ1v) is 6.47. The Morgan fingerprint density at radius 1 is 1.00 bits per heavy atom. The Labute approximate surface area is 102 Å². The van der Waals surface area contributed by atoms with Crippen LogP contribution in [0, 0.1) is 0 Å². The van der Waals surface area contributed by atoms with Gasteiger partial charge in [0.25, 0.3) is 0 Å². The van der Waals surface area contributed by atoms with E-state index in [-0.39, 0.29) is 0 Å². The van der Waals surface area contributed by atoms with Gasteiger partial charge in [0, 0.05) is 38.9 Å². The van der Waals surface area contributed by atoms with Crippen LogP contribution in [0.1, 0.15) is 12.8 Å². The van der Waals surface area contributed by atoms with E-state index in [0.717, 1.165) is 51.0 Å². The van der Waals surface area contributed by atoms with Crippen molar-refractivity contribution in [1.82, 2.24) is 15.3 Å². The summed E-state index contributed by atoms with van der Waals surface area (Å²) in [5.74, 6) is 1.97. The molecule has 0 atom stereocenters. The van der Waals surface area contributed by atoms with E-state index in [9.17, 15) is 0 Å². The molecular formula is C12H19N5. The van der Waals surface area contributed by atoms with Crippen molar-refractivity contribution in [2.75, 3.05) is 49.1 Å². The number of aromatic nitrogens is 2. The maximum absolute atomic E-state index is 4.67. The van der Waals surface area contributed by atoms with E-state index in [2.05, 4.69) is 25.1 Å². The van der Waals surface area contributed by atoms with Gasteiger partial charge in [-0.25, -0.2) is 4.98 Å². The van der Waals surface area contributed by atoms with E-state index in [1.165, 1.54) is 12.8 Å². The van der Waals surface area contributed by atoms with Gasteiger partial charge in [0.05, 0.1) is 0 Å². The number of hydrogen-bond acceptors (Lipinski definition) is 5. The van der Waals surface area contributed by atoms with Crippen LogP contribution in [0.5, 0.6) is 0 Å². The van der Waals surface area contributed by atoms with E-state index in [1.807, 2.05) is 12.3 Å². The summed E-state index contributed by atoms with van der Waals surface area (Å²) in [5, 5.41) is 3.41. The monoisotopic (exact) mass is 233 g/mol. The third-order valence-electron chi connectivity index (χ3n) is 3.43. The molecule has 2 aliphatic rings. The Morgan fingerprint density at radius 2 is 1.88 bits per heavy atom. The lowest BCUT2D eigenvalue weighted by Gasteiger charge is -2.31. The predicted octanol–water partition coefficient (Wildman–Crippen LogP) is 0.486. The second-order valence-corrected chi connectivity index (χ2v) is 4.65. The Bertz CT molecular complexity index is 369. The van der Waals surface area contributed by atoms with Crippen LogP contribution < -0.4 is 15.1 Å². The van der Waals surface area contributed by atoms with E-state index in [4.69, 9.17) is 0 Å². The molecule has 0 bridgehead atoms. The first kappa shape index (κ1) is 10.8. The van der Waals surface area contributed by atoms with Crippen molar-refractivity contribution in [2.45, 2.75) is 12.8 Å². The highest BCUT2D eigenvalue weighted by molar-refractivity contribution is 5.44. The van der Waals surface area contributed by atoms with Gasteiger partial charge in [0.1, 0.15) is 5.82 Å². The maximum Gasteiger partial charge on any atom is 0.227 e. The number of hydrogen-bond donors (Lipinski definition) is 1. The summed E-state index contributed by atoms with van der Waals surface area (Å²) in [5.41, 5.74) is 0. The van der Waals surface area contributed by atoms with Crippen LogP contribution in [0.3, 0.4) is 0 Å². The number of nitrogens with zero attached hydrogens (tertiary/aromatic N) is 4. The van der Waals surface area contributed by atoms with Crippen molar-refractivity contribution in [2.24, 2.45) is 0 Å². The summed E-state index contributed by atoms with van der Waals surface area (Å²) < 4.78 is 0. The topological polar surface area (TPSA) is 44.3 Å². The highest BCUT2D eigenvalue weighted by Gasteiger charge is 2.18. The van der Waals surface area contributed by atoms with Crippen molar-refractivity contribution < 1.29 is 0 Å². The van der Waals surface area contributed by atoms with Crippen LogP contribution in [-0.4, -0.2) is 49.2 Å². The largest absolute Gasteiger partial charge is 0.355 e. The first-order valence-electron chi connectivity index (χ1n) is 6.47. The second kappa shape index (κ2) is 4.87. The van der Waals surface area contributed by atoms with Gasteiger partial charge in [-0.1, -0.05) is 0 Å². The molecule has 1 N–H and O–H groups in total. The lowest BCUT2D eigenvalue weighted by Crippen LogP contribution is -2.38. The molecule has 0 aliphatic carbocycles. The van der Waals surface area contributed by atoms with Gasteiger partial charge in [-0.05, 0) is 25.5 Å². The third-order valence-corrected chi connectivity index (χ3v) is 3.43. The van der Waals surface area contributed by atoms with Gasteiger partial charge in [-0.3, -0.25) is 0 Å². The molecule has 0 unspecified atom stereocenters. The zero-order chi connectivity index (χ0) is 11.5. The first-order chi connectivity index (χ1) is 8.43. The summed E-state index contributed by atoms with van der Waals surface area (Å²) in [6, 6.07) is 2.02. The van der Waals surface area contributed by atoms with Gasteiger partial charge < -0.3 is 15.1 Å². The minimum atomic E-state index is 0.894. The highest BCUT2D eigenvalue weighted by atomic mass is 15.3. The van der Waals surface area contributed by atoms with Crippen molar-refractivity contribution in [3.05, 3.63) is 12.3 Å². The molecule has 0 saturated carbocycles. The van der Waals surface area contributed by atoms with Crippen molar-refractivity contribution in [1.29, 1.82) is 0 Å².